The van der Waals surface area contributed by atoms with E-state index >= 15 is 0 Å². The molecule has 0 amide bonds. The minimum Gasteiger partial charge on any atom is -0.379 e. The Balaban J connectivity index is 1.51. The zero-order valence-electron chi connectivity index (χ0n) is 12.6. The number of nitrogens with zero attached hydrogens (tertiary/aromatic N) is 1. The maximum Gasteiger partial charge on any atom is 0.0737 e. The molecule has 0 aliphatic carbocycles. The van der Waals surface area contributed by atoms with Gasteiger partial charge in [-0.25, -0.2) is 0 Å². The molecule has 2 fully saturated rings. The van der Waals surface area contributed by atoms with Gasteiger partial charge in [0.2, 0.25) is 0 Å². The van der Waals surface area contributed by atoms with Gasteiger partial charge in [-0.15, -0.1) is 0 Å². The second-order valence-corrected chi connectivity index (χ2v) is 6.14. The molecule has 2 aliphatic heterocycles. The molecule has 2 aromatic carbocycles. The highest BCUT2D eigenvalue weighted by Gasteiger charge is 2.43. The lowest BCUT2D eigenvalue weighted by molar-refractivity contribution is -0.152. The van der Waals surface area contributed by atoms with Crippen LogP contribution in [0.3, 0.4) is 0 Å². The number of hydrogen-bond donors (Lipinski definition) is 0. The second kappa shape index (κ2) is 6.21. The maximum atomic E-state index is 6.01. The molecule has 4 rings (SSSR count). The van der Waals surface area contributed by atoms with Crippen LogP contribution in [0.5, 0.6) is 0 Å². The third-order valence-electron chi connectivity index (χ3n) is 4.81. The van der Waals surface area contributed by atoms with Crippen LogP contribution in [-0.4, -0.2) is 30.9 Å². The van der Waals surface area contributed by atoms with Gasteiger partial charge in [-0.1, -0.05) is 60.7 Å². The van der Waals surface area contributed by atoms with Gasteiger partial charge in [0.15, 0.2) is 0 Å². The van der Waals surface area contributed by atoms with Crippen LogP contribution >= 0.6 is 0 Å². The molecule has 2 aromatic rings. The maximum absolute atomic E-state index is 6.01. The minimum atomic E-state index is 0.346. The van der Waals surface area contributed by atoms with Crippen molar-refractivity contribution in [2.75, 3.05) is 19.8 Å². The topological polar surface area (TPSA) is 21.7 Å². The van der Waals surface area contributed by atoms with E-state index in [1.807, 2.05) is 6.07 Å². The zero-order chi connectivity index (χ0) is 14.8. The molecule has 22 heavy (non-hydrogen) atoms. The van der Waals surface area contributed by atoms with Gasteiger partial charge in [0.1, 0.15) is 0 Å². The van der Waals surface area contributed by atoms with Crippen molar-refractivity contribution in [2.24, 2.45) is 5.92 Å². The number of benzene rings is 2. The fourth-order valence-electron chi connectivity index (χ4n) is 3.60. The summed E-state index contributed by atoms with van der Waals surface area (Å²) < 4.78 is 5.90. The number of ether oxygens (including phenoxy) is 1. The van der Waals surface area contributed by atoms with Crippen molar-refractivity contribution in [3.63, 3.8) is 0 Å². The van der Waals surface area contributed by atoms with E-state index in [0.29, 0.717) is 17.9 Å². The van der Waals surface area contributed by atoms with Gasteiger partial charge >= 0.3 is 0 Å². The average Bonchev–Trinajstić information content (AvgIpc) is 3.00. The number of fused-ring (bicyclic) bond motifs is 1. The summed E-state index contributed by atoms with van der Waals surface area (Å²) in [6, 6.07) is 21.5. The van der Waals surface area contributed by atoms with Crippen LogP contribution in [-0.2, 0) is 16.1 Å². The molecule has 0 N–H and O–H groups in total. The van der Waals surface area contributed by atoms with E-state index < -0.39 is 0 Å². The van der Waals surface area contributed by atoms with E-state index in [1.165, 1.54) is 11.1 Å². The van der Waals surface area contributed by atoms with Crippen molar-refractivity contribution in [2.45, 2.75) is 18.5 Å². The van der Waals surface area contributed by atoms with Gasteiger partial charge in [0.25, 0.3) is 0 Å². The molecule has 114 valence electrons. The standard InChI is InChI=1S/C19H21NO2/c1-3-7-15(8-4-1)11-20-19-14-21-12-17(18(19)13-22-20)16-9-5-2-6-10-16/h1-10,17-19H,11-14H2/t17-,18+,19-/m1/s1. The molecule has 0 aromatic heterocycles. The summed E-state index contributed by atoms with van der Waals surface area (Å²) in [5, 5.41) is 2.12. The highest BCUT2D eigenvalue weighted by atomic mass is 16.7. The first-order valence-electron chi connectivity index (χ1n) is 7.98. The van der Waals surface area contributed by atoms with Crippen molar-refractivity contribution in [1.29, 1.82) is 0 Å². The molecular formula is C19H21NO2. The predicted octanol–water partition coefficient (Wildman–Crippen LogP) is 3.23. The van der Waals surface area contributed by atoms with Crippen LogP contribution in [0.4, 0.5) is 0 Å². The molecule has 2 aliphatic rings. The molecule has 0 spiro atoms. The second-order valence-electron chi connectivity index (χ2n) is 6.14. The number of hydroxylamine groups is 2. The average molecular weight is 295 g/mol. The summed E-state index contributed by atoms with van der Waals surface area (Å²) in [7, 11) is 0. The van der Waals surface area contributed by atoms with Crippen LogP contribution in [0, 0.1) is 5.92 Å². The van der Waals surface area contributed by atoms with Crippen LogP contribution < -0.4 is 0 Å². The molecule has 0 saturated carbocycles. The monoisotopic (exact) mass is 295 g/mol. The largest absolute Gasteiger partial charge is 0.379 e. The summed E-state index contributed by atoms with van der Waals surface area (Å²) in [6.07, 6.45) is 0. The van der Waals surface area contributed by atoms with Gasteiger partial charge in [-0.3, -0.25) is 4.84 Å². The first-order valence-corrected chi connectivity index (χ1v) is 7.98. The van der Waals surface area contributed by atoms with Gasteiger partial charge < -0.3 is 4.74 Å². The first-order chi connectivity index (χ1) is 10.9. The Bertz CT molecular complexity index is 601. The van der Waals surface area contributed by atoms with E-state index in [-0.39, 0.29) is 0 Å². The molecule has 0 unspecified atom stereocenters. The summed E-state index contributed by atoms with van der Waals surface area (Å²) in [5.41, 5.74) is 2.65. The molecule has 3 atom stereocenters. The quantitative estimate of drug-likeness (QED) is 0.868. The van der Waals surface area contributed by atoms with E-state index in [0.717, 1.165) is 26.4 Å². The van der Waals surface area contributed by atoms with Crippen LogP contribution in [0.1, 0.15) is 17.0 Å². The lowest BCUT2D eigenvalue weighted by Crippen LogP contribution is -2.43. The van der Waals surface area contributed by atoms with Gasteiger partial charge in [0.05, 0.1) is 25.9 Å². The van der Waals surface area contributed by atoms with Crippen molar-refractivity contribution >= 4 is 0 Å². The molecule has 0 bridgehead atoms. The summed E-state index contributed by atoms with van der Waals surface area (Å²) in [6.45, 7) is 3.18. The Morgan fingerprint density at radius 1 is 0.864 bits per heavy atom. The van der Waals surface area contributed by atoms with E-state index in [2.05, 4.69) is 59.7 Å². The Hall–Kier alpha value is -1.68. The molecule has 2 heterocycles. The highest BCUT2D eigenvalue weighted by Crippen LogP contribution is 2.38. The molecule has 3 nitrogen and oxygen atoms in total. The third-order valence-corrected chi connectivity index (χ3v) is 4.81. The van der Waals surface area contributed by atoms with Crippen LogP contribution in [0.25, 0.3) is 0 Å². The summed E-state index contributed by atoms with van der Waals surface area (Å²) in [4.78, 5) is 6.01. The predicted molar refractivity (Wildman–Crippen MR) is 85.2 cm³/mol. The number of rotatable bonds is 3. The van der Waals surface area contributed by atoms with Crippen molar-refractivity contribution < 1.29 is 9.57 Å². The van der Waals surface area contributed by atoms with Crippen molar-refractivity contribution in [3.8, 4) is 0 Å². The highest BCUT2D eigenvalue weighted by molar-refractivity contribution is 5.22. The van der Waals surface area contributed by atoms with Crippen LogP contribution in [0.2, 0.25) is 0 Å². The summed E-state index contributed by atoms with van der Waals surface area (Å²) >= 11 is 0. The Morgan fingerprint density at radius 2 is 1.59 bits per heavy atom. The molecule has 3 heteroatoms. The SMILES string of the molecule is c1ccc(CN2OC[C@H]3[C@@H](c4ccccc4)COC[C@H]32)cc1. The fraction of sp³-hybridized carbons (Fsp3) is 0.368. The van der Waals surface area contributed by atoms with Gasteiger partial charge in [-0.2, -0.15) is 5.06 Å². The smallest absolute Gasteiger partial charge is 0.0737 e. The van der Waals surface area contributed by atoms with Gasteiger partial charge in [0, 0.05) is 18.4 Å². The molecule has 2 saturated heterocycles. The van der Waals surface area contributed by atoms with E-state index in [9.17, 15) is 0 Å². The first kappa shape index (κ1) is 13.9. The van der Waals surface area contributed by atoms with Crippen LogP contribution in [0.15, 0.2) is 60.7 Å². The van der Waals surface area contributed by atoms with E-state index in [4.69, 9.17) is 9.57 Å². The number of hydrogen-bond acceptors (Lipinski definition) is 3. The Kier molecular flexibility index (Phi) is 3.94. The molecule has 0 radical (unpaired) electrons. The minimum absolute atomic E-state index is 0.346. The zero-order valence-corrected chi connectivity index (χ0v) is 12.6. The summed E-state index contributed by atoms with van der Waals surface area (Å²) in [5.74, 6) is 0.945. The Labute approximate surface area is 131 Å². The lowest BCUT2D eigenvalue weighted by Gasteiger charge is -2.35. The fourth-order valence-corrected chi connectivity index (χ4v) is 3.60. The van der Waals surface area contributed by atoms with E-state index in [1.54, 1.807) is 0 Å². The van der Waals surface area contributed by atoms with Gasteiger partial charge in [-0.05, 0) is 11.1 Å². The third kappa shape index (κ3) is 2.68. The van der Waals surface area contributed by atoms with Crippen molar-refractivity contribution in [3.05, 3.63) is 71.8 Å². The van der Waals surface area contributed by atoms with Crippen molar-refractivity contribution in [1.82, 2.24) is 5.06 Å². The normalized spacial score (nSPS) is 28.5. The molecular weight excluding hydrogens is 274 g/mol. The lowest BCUT2D eigenvalue weighted by atomic mass is 9.81. The Morgan fingerprint density at radius 3 is 2.36 bits per heavy atom.